The molecule has 21 heavy (non-hydrogen) atoms. The van der Waals surface area contributed by atoms with Gasteiger partial charge in [-0.1, -0.05) is 6.42 Å². The van der Waals surface area contributed by atoms with E-state index in [1.54, 1.807) is 19.1 Å². The van der Waals surface area contributed by atoms with Crippen molar-refractivity contribution in [3.8, 4) is 0 Å². The quantitative estimate of drug-likeness (QED) is 0.644. The van der Waals surface area contributed by atoms with Gasteiger partial charge in [0.05, 0.1) is 12.2 Å². The van der Waals surface area contributed by atoms with Gasteiger partial charge in [-0.05, 0) is 62.1 Å². The molecule has 2 saturated carbocycles. The Kier molecular flexibility index (Phi) is 4.04. The molecule has 1 aromatic rings. The van der Waals surface area contributed by atoms with E-state index in [9.17, 15) is 4.79 Å². The Hall–Kier alpha value is -1.71. The monoisotopic (exact) mass is 288 g/mol. The Labute approximate surface area is 126 Å². The summed E-state index contributed by atoms with van der Waals surface area (Å²) in [7, 11) is 0. The van der Waals surface area contributed by atoms with Gasteiger partial charge in [-0.25, -0.2) is 4.79 Å². The summed E-state index contributed by atoms with van der Waals surface area (Å²) in [6.07, 6.45) is 5.60. The van der Waals surface area contributed by atoms with Gasteiger partial charge in [0.2, 0.25) is 0 Å². The van der Waals surface area contributed by atoms with Gasteiger partial charge in [-0.2, -0.15) is 0 Å². The molecule has 4 nitrogen and oxygen atoms in total. The molecule has 3 atom stereocenters. The minimum Gasteiger partial charge on any atom is -0.462 e. The summed E-state index contributed by atoms with van der Waals surface area (Å²) in [6.45, 7) is 3.15. The molecule has 1 aromatic carbocycles. The van der Waals surface area contributed by atoms with E-state index >= 15 is 0 Å². The highest BCUT2D eigenvalue weighted by atomic mass is 16.5. The maximum Gasteiger partial charge on any atom is 0.340 e. The highest BCUT2D eigenvalue weighted by molar-refractivity contribution is 5.96. The second-order valence-electron chi connectivity index (χ2n) is 6.34. The lowest BCUT2D eigenvalue weighted by atomic mass is 9.89. The van der Waals surface area contributed by atoms with Crippen molar-refractivity contribution in [3.05, 3.63) is 23.8 Å². The maximum absolute atomic E-state index is 11.9. The lowest BCUT2D eigenvalue weighted by molar-refractivity contribution is 0.0527. The Morgan fingerprint density at radius 2 is 2.24 bits per heavy atom. The standard InChI is InChI=1S/C17H24N2O2/c1-2-21-17(20)15-9-14(5-6-16(15)18)19-10-13-8-11-3-4-12(13)7-11/h5-6,9,11-13,19H,2-4,7-8,10,18H2,1H3. The molecule has 0 amide bonds. The van der Waals surface area contributed by atoms with Crippen LogP contribution in [-0.2, 0) is 4.74 Å². The normalized spacial score (nSPS) is 26.8. The number of hydrogen-bond acceptors (Lipinski definition) is 4. The molecule has 2 bridgehead atoms. The van der Waals surface area contributed by atoms with Gasteiger partial charge in [0, 0.05) is 17.9 Å². The maximum atomic E-state index is 11.9. The summed E-state index contributed by atoms with van der Waals surface area (Å²) in [5.74, 6) is 2.30. The fourth-order valence-electron chi connectivity index (χ4n) is 3.93. The average Bonchev–Trinajstić information content (AvgIpc) is 3.09. The lowest BCUT2D eigenvalue weighted by Crippen LogP contribution is -2.20. The third kappa shape index (κ3) is 2.99. The number of rotatable bonds is 5. The lowest BCUT2D eigenvalue weighted by Gasteiger charge is -2.22. The van der Waals surface area contributed by atoms with E-state index in [1.807, 2.05) is 6.07 Å². The van der Waals surface area contributed by atoms with Crippen molar-refractivity contribution in [1.29, 1.82) is 0 Å². The molecular weight excluding hydrogens is 264 g/mol. The van der Waals surface area contributed by atoms with E-state index in [0.717, 1.165) is 30.0 Å². The van der Waals surface area contributed by atoms with Crippen LogP contribution in [0.25, 0.3) is 0 Å². The first kappa shape index (κ1) is 14.2. The third-order valence-electron chi connectivity index (χ3n) is 5.00. The van der Waals surface area contributed by atoms with Crippen molar-refractivity contribution in [2.75, 3.05) is 24.2 Å². The van der Waals surface area contributed by atoms with Gasteiger partial charge in [0.15, 0.2) is 0 Å². The molecule has 2 aliphatic carbocycles. The molecule has 2 aliphatic rings. The van der Waals surface area contributed by atoms with Crippen molar-refractivity contribution in [1.82, 2.24) is 0 Å². The van der Waals surface area contributed by atoms with E-state index < -0.39 is 0 Å². The number of fused-ring (bicyclic) bond motifs is 2. The molecule has 0 aliphatic heterocycles. The first-order valence-electron chi connectivity index (χ1n) is 7.98. The van der Waals surface area contributed by atoms with Crippen LogP contribution in [0.15, 0.2) is 18.2 Å². The molecular formula is C17H24N2O2. The molecule has 0 heterocycles. The highest BCUT2D eigenvalue weighted by Crippen LogP contribution is 2.48. The van der Waals surface area contributed by atoms with Crippen LogP contribution in [0, 0.1) is 17.8 Å². The summed E-state index contributed by atoms with van der Waals surface area (Å²) in [6, 6.07) is 5.52. The number of carbonyl (C=O) groups excluding carboxylic acids is 1. The number of nitrogens with one attached hydrogen (secondary N) is 1. The van der Waals surface area contributed by atoms with Crippen molar-refractivity contribution >= 4 is 17.3 Å². The zero-order valence-corrected chi connectivity index (χ0v) is 12.6. The predicted octanol–water partition coefficient (Wildman–Crippen LogP) is 3.29. The Balaban J connectivity index is 1.63. The van der Waals surface area contributed by atoms with Crippen LogP contribution in [-0.4, -0.2) is 19.1 Å². The van der Waals surface area contributed by atoms with Gasteiger partial charge < -0.3 is 15.8 Å². The number of esters is 1. The summed E-state index contributed by atoms with van der Waals surface area (Å²) in [5.41, 5.74) is 7.74. The Morgan fingerprint density at radius 3 is 2.90 bits per heavy atom. The van der Waals surface area contributed by atoms with Crippen LogP contribution >= 0.6 is 0 Å². The number of nitrogens with two attached hydrogens (primary N) is 1. The van der Waals surface area contributed by atoms with Crippen molar-refractivity contribution < 1.29 is 9.53 Å². The molecule has 2 fully saturated rings. The van der Waals surface area contributed by atoms with Crippen LogP contribution in [0.4, 0.5) is 11.4 Å². The van der Waals surface area contributed by atoms with Gasteiger partial charge in [-0.3, -0.25) is 0 Å². The van der Waals surface area contributed by atoms with Crippen molar-refractivity contribution in [2.45, 2.75) is 32.6 Å². The van der Waals surface area contributed by atoms with E-state index in [1.165, 1.54) is 25.7 Å². The van der Waals surface area contributed by atoms with Crippen LogP contribution in [0.5, 0.6) is 0 Å². The van der Waals surface area contributed by atoms with Crippen LogP contribution in [0.1, 0.15) is 43.0 Å². The van der Waals surface area contributed by atoms with Gasteiger partial charge >= 0.3 is 5.97 Å². The number of carbonyl (C=O) groups is 1. The van der Waals surface area contributed by atoms with Gasteiger partial charge in [0.25, 0.3) is 0 Å². The molecule has 114 valence electrons. The zero-order valence-electron chi connectivity index (χ0n) is 12.6. The predicted molar refractivity (Wildman–Crippen MR) is 84.2 cm³/mol. The molecule has 3 N–H and O–H groups in total. The second kappa shape index (κ2) is 5.96. The second-order valence-corrected chi connectivity index (χ2v) is 6.34. The van der Waals surface area contributed by atoms with Crippen LogP contribution < -0.4 is 11.1 Å². The fourth-order valence-corrected chi connectivity index (χ4v) is 3.93. The topological polar surface area (TPSA) is 64.3 Å². The molecule has 4 heteroatoms. The molecule has 3 rings (SSSR count). The van der Waals surface area contributed by atoms with Gasteiger partial charge in [-0.15, -0.1) is 0 Å². The summed E-state index contributed by atoms with van der Waals surface area (Å²) in [5, 5.41) is 3.47. The fraction of sp³-hybridized carbons (Fsp3) is 0.588. The van der Waals surface area contributed by atoms with E-state index in [2.05, 4.69) is 5.32 Å². The third-order valence-corrected chi connectivity index (χ3v) is 5.00. The van der Waals surface area contributed by atoms with Crippen molar-refractivity contribution in [3.63, 3.8) is 0 Å². The van der Waals surface area contributed by atoms with E-state index in [4.69, 9.17) is 10.5 Å². The minimum atomic E-state index is -0.349. The molecule has 0 radical (unpaired) electrons. The molecule has 3 unspecified atom stereocenters. The highest BCUT2D eigenvalue weighted by Gasteiger charge is 2.39. The number of benzene rings is 1. The molecule has 0 saturated heterocycles. The summed E-state index contributed by atoms with van der Waals surface area (Å²) in [4.78, 5) is 11.9. The van der Waals surface area contributed by atoms with Gasteiger partial charge in [0.1, 0.15) is 0 Å². The smallest absolute Gasteiger partial charge is 0.340 e. The number of ether oxygens (including phenoxy) is 1. The SMILES string of the molecule is CCOC(=O)c1cc(NCC2CC3CCC2C3)ccc1N. The molecule has 0 aromatic heterocycles. The van der Waals surface area contributed by atoms with E-state index in [-0.39, 0.29) is 5.97 Å². The van der Waals surface area contributed by atoms with Crippen LogP contribution in [0.3, 0.4) is 0 Å². The van der Waals surface area contributed by atoms with Crippen molar-refractivity contribution in [2.24, 2.45) is 17.8 Å². The number of nitrogen functional groups attached to an aromatic ring is 1. The summed E-state index contributed by atoms with van der Waals surface area (Å²) >= 11 is 0. The first-order valence-corrected chi connectivity index (χ1v) is 7.98. The number of anilines is 2. The average molecular weight is 288 g/mol. The zero-order chi connectivity index (χ0) is 14.8. The number of hydrogen-bond donors (Lipinski definition) is 2. The van der Waals surface area contributed by atoms with Crippen LogP contribution in [0.2, 0.25) is 0 Å². The Bertz CT molecular complexity index is 530. The van der Waals surface area contributed by atoms with E-state index in [0.29, 0.717) is 17.9 Å². The largest absolute Gasteiger partial charge is 0.462 e. The first-order chi connectivity index (χ1) is 10.2. The molecule has 0 spiro atoms. The minimum absolute atomic E-state index is 0.349. The Morgan fingerprint density at radius 1 is 1.38 bits per heavy atom. The summed E-state index contributed by atoms with van der Waals surface area (Å²) < 4.78 is 5.04.